The fraction of sp³-hybridized carbons (Fsp3) is 0.692. The normalized spacial score (nSPS) is 22.6. The van der Waals surface area contributed by atoms with Crippen LogP contribution in [0.3, 0.4) is 0 Å². The average Bonchev–Trinajstić information content (AvgIpc) is 3.17. The van der Waals surface area contributed by atoms with E-state index in [-0.39, 0.29) is 17.7 Å². The summed E-state index contributed by atoms with van der Waals surface area (Å²) < 4.78 is 3.80. The first-order valence-electron chi connectivity index (χ1n) is 7.03. The van der Waals surface area contributed by atoms with Gasteiger partial charge >= 0.3 is 0 Å². The molecular weight excluding hydrogens is 276 g/mol. The Hall–Kier alpha value is -1.50. The summed E-state index contributed by atoms with van der Waals surface area (Å²) in [5, 5.41) is 6.91. The minimum atomic E-state index is -0.0745. The van der Waals surface area contributed by atoms with Gasteiger partial charge in [0.2, 0.25) is 5.91 Å². The van der Waals surface area contributed by atoms with Crippen LogP contribution >= 0.6 is 11.5 Å². The highest BCUT2D eigenvalue weighted by atomic mass is 32.1. The van der Waals surface area contributed by atoms with E-state index in [9.17, 15) is 9.59 Å². The van der Waals surface area contributed by atoms with E-state index in [0.717, 1.165) is 37.2 Å². The van der Waals surface area contributed by atoms with Crippen molar-refractivity contribution in [1.82, 2.24) is 19.8 Å². The SMILES string of the molecule is Cc1nnsc1C(=O)N1CCC[C@@H](C(=O)NC2CC2)C1. The Morgan fingerprint density at radius 1 is 1.35 bits per heavy atom. The second kappa shape index (κ2) is 5.47. The lowest BCUT2D eigenvalue weighted by Gasteiger charge is -2.31. The van der Waals surface area contributed by atoms with Crippen molar-refractivity contribution < 1.29 is 9.59 Å². The molecule has 1 saturated heterocycles. The lowest BCUT2D eigenvalue weighted by atomic mass is 9.97. The summed E-state index contributed by atoms with van der Waals surface area (Å²) >= 11 is 1.13. The largest absolute Gasteiger partial charge is 0.353 e. The summed E-state index contributed by atoms with van der Waals surface area (Å²) in [7, 11) is 0. The standard InChI is InChI=1S/C13H18N4O2S/c1-8-11(20-16-15-8)13(19)17-6-2-3-9(7-17)12(18)14-10-4-5-10/h9-10H,2-7H2,1H3,(H,14,18)/t9-/m1/s1. The maximum Gasteiger partial charge on any atom is 0.267 e. The lowest BCUT2D eigenvalue weighted by molar-refractivity contribution is -0.126. The second-order valence-electron chi connectivity index (χ2n) is 5.56. The Morgan fingerprint density at radius 3 is 2.80 bits per heavy atom. The second-order valence-corrected chi connectivity index (χ2v) is 6.31. The monoisotopic (exact) mass is 294 g/mol. The van der Waals surface area contributed by atoms with Gasteiger partial charge in [-0.05, 0) is 44.1 Å². The molecule has 2 fully saturated rings. The molecule has 3 rings (SSSR count). The van der Waals surface area contributed by atoms with Crippen LogP contribution in [0.5, 0.6) is 0 Å². The molecule has 2 amide bonds. The van der Waals surface area contributed by atoms with Crippen molar-refractivity contribution in [1.29, 1.82) is 0 Å². The van der Waals surface area contributed by atoms with Crippen molar-refractivity contribution in [3.8, 4) is 0 Å². The third kappa shape index (κ3) is 2.82. The highest BCUT2D eigenvalue weighted by Crippen LogP contribution is 2.23. The van der Waals surface area contributed by atoms with E-state index in [4.69, 9.17) is 0 Å². The Kier molecular flexibility index (Phi) is 3.69. The van der Waals surface area contributed by atoms with Crippen LogP contribution in [0, 0.1) is 12.8 Å². The fourth-order valence-electron chi connectivity index (χ4n) is 2.49. The number of carbonyl (C=O) groups is 2. The number of likely N-dealkylation sites (tertiary alicyclic amines) is 1. The molecule has 1 saturated carbocycles. The van der Waals surface area contributed by atoms with Gasteiger partial charge in [0.1, 0.15) is 4.88 Å². The molecule has 1 aliphatic heterocycles. The molecule has 6 nitrogen and oxygen atoms in total. The number of nitrogens with one attached hydrogen (secondary N) is 1. The molecule has 1 aromatic rings. The molecule has 1 aromatic heterocycles. The van der Waals surface area contributed by atoms with Crippen LogP contribution in [0.2, 0.25) is 0 Å². The van der Waals surface area contributed by atoms with E-state index in [2.05, 4.69) is 14.9 Å². The van der Waals surface area contributed by atoms with Crippen LogP contribution in [0.1, 0.15) is 41.0 Å². The van der Waals surface area contributed by atoms with Gasteiger partial charge in [-0.1, -0.05) is 4.49 Å². The lowest BCUT2D eigenvalue weighted by Crippen LogP contribution is -2.45. The number of aryl methyl sites for hydroxylation is 1. The summed E-state index contributed by atoms with van der Waals surface area (Å²) in [5.41, 5.74) is 0.671. The van der Waals surface area contributed by atoms with Gasteiger partial charge in [-0.15, -0.1) is 5.10 Å². The van der Waals surface area contributed by atoms with E-state index in [1.54, 1.807) is 11.8 Å². The third-order valence-electron chi connectivity index (χ3n) is 3.85. The summed E-state index contributed by atoms with van der Waals surface area (Å²) in [4.78, 5) is 26.9. The van der Waals surface area contributed by atoms with Gasteiger partial charge in [-0.25, -0.2) is 0 Å². The number of aromatic nitrogens is 2. The first-order valence-corrected chi connectivity index (χ1v) is 7.81. The number of amides is 2. The molecule has 2 aliphatic rings. The van der Waals surface area contributed by atoms with Crippen LogP contribution in [-0.4, -0.2) is 45.4 Å². The molecule has 0 unspecified atom stereocenters. The highest BCUT2D eigenvalue weighted by molar-refractivity contribution is 7.07. The molecular formula is C13H18N4O2S. The van der Waals surface area contributed by atoms with Crippen molar-refractivity contribution in [2.45, 2.75) is 38.6 Å². The molecule has 0 spiro atoms. The molecule has 20 heavy (non-hydrogen) atoms. The summed E-state index contributed by atoms with van der Waals surface area (Å²) in [6.07, 6.45) is 3.92. The molecule has 108 valence electrons. The maximum atomic E-state index is 12.4. The van der Waals surface area contributed by atoms with Gasteiger partial charge < -0.3 is 10.2 Å². The van der Waals surface area contributed by atoms with Crippen LogP contribution < -0.4 is 5.32 Å². The van der Waals surface area contributed by atoms with Crippen LogP contribution in [0.4, 0.5) is 0 Å². The Morgan fingerprint density at radius 2 is 2.15 bits per heavy atom. The average molecular weight is 294 g/mol. The molecule has 1 atom stereocenters. The fourth-order valence-corrected chi connectivity index (χ4v) is 3.12. The first kappa shape index (κ1) is 13.5. The van der Waals surface area contributed by atoms with Crippen LogP contribution in [-0.2, 0) is 4.79 Å². The molecule has 0 radical (unpaired) electrons. The van der Waals surface area contributed by atoms with Crippen LogP contribution in [0.25, 0.3) is 0 Å². The van der Waals surface area contributed by atoms with E-state index in [1.807, 2.05) is 0 Å². The predicted molar refractivity (Wildman–Crippen MR) is 74.4 cm³/mol. The Bertz CT molecular complexity index is 526. The molecule has 0 aromatic carbocycles. The number of nitrogens with zero attached hydrogens (tertiary/aromatic N) is 3. The minimum Gasteiger partial charge on any atom is -0.353 e. The van der Waals surface area contributed by atoms with Crippen molar-refractivity contribution >= 4 is 23.3 Å². The topological polar surface area (TPSA) is 75.2 Å². The molecule has 1 aliphatic carbocycles. The van der Waals surface area contributed by atoms with Gasteiger partial charge in [0, 0.05) is 19.1 Å². The highest BCUT2D eigenvalue weighted by Gasteiger charge is 2.32. The first-order chi connectivity index (χ1) is 9.65. The number of rotatable bonds is 3. The number of piperidine rings is 1. The van der Waals surface area contributed by atoms with E-state index >= 15 is 0 Å². The van der Waals surface area contributed by atoms with Crippen molar-refractivity contribution in [2.24, 2.45) is 5.92 Å². The van der Waals surface area contributed by atoms with Gasteiger partial charge in [0.15, 0.2) is 0 Å². The quantitative estimate of drug-likeness (QED) is 0.901. The molecule has 1 N–H and O–H groups in total. The van der Waals surface area contributed by atoms with E-state index in [0.29, 0.717) is 29.7 Å². The molecule has 2 heterocycles. The van der Waals surface area contributed by atoms with Gasteiger partial charge in [0.25, 0.3) is 5.91 Å². The van der Waals surface area contributed by atoms with E-state index < -0.39 is 0 Å². The summed E-state index contributed by atoms with van der Waals surface area (Å²) in [6.45, 7) is 3.01. The van der Waals surface area contributed by atoms with Crippen molar-refractivity contribution in [3.05, 3.63) is 10.6 Å². The summed E-state index contributed by atoms with van der Waals surface area (Å²) in [6, 6.07) is 0.376. The number of hydrogen-bond acceptors (Lipinski definition) is 5. The minimum absolute atomic E-state index is 0.0404. The molecule has 7 heteroatoms. The van der Waals surface area contributed by atoms with E-state index in [1.165, 1.54) is 0 Å². The third-order valence-corrected chi connectivity index (χ3v) is 4.66. The zero-order chi connectivity index (χ0) is 14.1. The van der Waals surface area contributed by atoms with Gasteiger partial charge in [0.05, 0.1) is 11.6 Å². The van der Waals surface area contributed by atoms with Crippen molar-refractivity contribution in [2.75, 3.05) is 13.1 Å². The van der Waals surface area contributed by atoms with Gasteiger partial charge in [-0.3, -0.25) is 9.59 Å². The van der Waals surface area contributed by atoms with Gasteiger partial charge in [-0.2, -0.15) is 0 Å². The summed E-state index contributed by atoms with van der Waals surface area (Å²) in [5.74, 6) is -0.0138. The number of hydrogen-bond donors (Lipinski definition) is 1. The van der Waals surface area contributed by atoms with Crippen LogP contribution in [0.15, 0.2) is 0 Å². The zero-order valence-corrected chi connectivity index (χ0v) is 12.3. The maximum absolute atomic E-state index is 12.4. The van der Waals surface area contributed by atoms with Crippen molar-refractivity contribution in [3.63, 3.8) is 0 Å². The smallest absolute Gasteiger partial charge is 0.267 e. The predicted octanol–water partition coefficient (Wildman–Crippen LogP) is 0.977. The Labute approximate surface area is 121 Å². The Balaban J connectivity index is 1.63. The number of carbonyl (C=O) groups excluding carboxylic acids is 2. The molecule has 0 bridgehead atoms. The zero-order valence-electron chi connectivity index (χ0n) is 11.5.